The molecule has 0 saturated carbocycles. The van der Waals surface area contributed by atoms with E-state index in [1.807, 2.05) is 0 Å². The zero-order valence-electron chi connectivity index (χ0n) is 15.9. The highest BCUT2D eigenvalue weighted by molar-refractivity contribution is 5.97. The van der Waals surface area contributed by atoms with Crippen LogP contribution in [0.25, 0.3) is 5.70 Å². The second-order valence-corrected chi connectivity index (χ2v) is 7.42. The van der Waals surface area contributed by atoms with Crippen LogP contribution < -0.4 is 5.01 Å². The third-order valence-electron chi connectivity index (χ3n) is 4.32. The summed E-state index contributed by atoms with van der Waals surface area (Å²) in [7, 11) is 0. The minimum Gasteiger partial charge on any atom is -0.389 e. The first-order valence-corrected chi connectivity index (χ1v) is 8.92. The first-order chi connectivity index (χ1) is 13.5. The van der Waals surface area contributed by atoms with Crippen molar-refractivity contribution in [1.82, 2.24) is 5.01 Å². The number of rotatable bonds is 4. The maximum atomic E-state index is 13.8. The van der Waals surface area contributed by atoms with Gasteiger partial charge in [-0.25, -0.2) is 9.40 Å². The fraction of sp³-hybridized carbons (Fsp3) is 0.286. The molecule has 0 saturated heterocycles. The SMILES string of the molecule is CC(C)(O)CN1C(c2ccc(C(F)(F)F)cc2)=CCC(=O)N1c1cccc(F)c1. The largest absolute Gasteiger partial charge is 0.416 e. The van der Waals surface area contributed by atoms with Gasteiger partial charge < -0.3 is 5.11 Å². The van der Waals surface area contributed by atoms with Gasteiger partial charge in [0.1, 0.15) is 5.82 Å². The lowest BCUT2D eigenvalue weighted by molar-refractivity contribution is -0.137. The van der Waals surface area contributed by atoms with E-state index >= 15 is 0 Å². The lowest BCUT2D eigenvalue weighted by Crippen LogP contribution is -2.52. The van der Waals surface area contributed by atoms with Crippen molar-refractivity contribution in [2.24, 2.45) is 0 Å². The Balaban J connectivity index is 2.06. The van der Waals surface area contributed by atoms with Crippen molar-refractivity contribution >= 4 is 17.3 Å². The number of benzene rings is 2. The Morgan fingerprint density at radius 1 is 1.07 bits per heavy atom. The van der Waals surface area contributed by atoms with Gasteiger partial charge in [0.25, 0.3) is 0 Å². The summed E-state index contributed by atoms with van der Waals surface area (Å²) >= 11 is 0. The molecule has 29 heavy (non-hydrogen) atoms. The molecule has 2 aromatic carbocycles. The summed E-state index contributed by atoms with van der Waals surface area (Å²) in [5, 5.41) is 13.1. The molecule has 0 aliphatic carbocycles. The fourth-order valence-corrected chi connectivity index (χ4v) is 3.13. The van der Waals surface area contributed by atoms with E-state index in [0.717, 1.165) is 12.1 Å². The van der Waals surface area contributed by atoms with Crippen molar-refractivity contribution in [3.05, 3.63) is 71.6 Å². The third kappa shape index (κ3) is 4.76. The molecule has 0 unspecified atom stereocenters. The van der Waals surface area contributed by atoms with Crippen molar-refractivity contribution in [2.45, 2.75) is 32.0 Å². The number of hydrogen-bond donors (Lipinski definition) is 1. The zero-order valence-corrected chi connectivity index (χ0v) is 15.9. The first kappa shape index (κ1) is 20.9. The summed E-state index contributed by atoms with van der Waals surface area (Å²) in [6, 6.07) is 9.97. The number of β-amino-alcohol motifs (C(OH)–C–C–N with tert-alkyl or cyclic N) is 1. The molecule has 1 aliphatic heterocycles. The lowest BCUT2D eigenvalue weighted by atomic mass is 10.0. The van der Waals surface area contributed by atoms with E-state index in [1.54, 1.807) is 26.0 Å². The highest BCUT2D eigenvalue weighted by Crippen LogP contribution is 2.34. The van der Waals surface area contributed by atoms with Gasteiger partial charge in [0, 0.05) is 6.42 Å². The van der Waals surface area contributed by atoms with Gasteiger partial charge in [-0.3, -0.25) is 9.80 Å². The smallest absolute Gasteiger partial charge is 0.389 e. The van der Waals surface area contributed by atoms with Crippen LogP contribution >= 0.6 is 0 Å². The standard InChI is InChI=1S/C21H20F4N2O2/c1-20(2,29)13-26-18(14-6-8-15(9-7-14)21(23,24)25)10-11-19(28)27(26)17-5-3-4-16(22)12-17/h3-10,12,29H,11,13H2,1-2H3. The number of halogens is 4. The molecule has 154 valence electrons. The van der Waals surface area contributed by atoms with Crippen LogP contribution in [-0.2, 0) is 11.0 Å². The van der Waals surface area contributed by atoms with E-state index in [2.05, 4.69) is 0 Å². The van der Waals surface area contributed by atoms with Crippen LogP contribution in [0, 0.1) is 5.82 Å². The van der Waals surface area contributed by atoms with Gasteiger partial charge in [-0.1, -0.05) is 18.2 Å². The summed E-state index contributed by atoms with van der Waals surface area (Å²) in [4.78, 5) is 12.7. The summed E-state index contributed by atoms with van der Waals surface area (Å²) in [6.45, 7) is 3.04. The topological polar surface area (TPSA) is 43.8 Å². The minimum absolute atomic E-state index is 0.0186. The van der Waals surface area contributed by atoms with Crippen LogP contribution in [0.3, 0.4) is 0 Å². The molecule has 1 aliphatic rings. The van der Waals surface area contributed by atoms with Crippen LogP contribution in [0.15, 0.2) is 54.6 Å². The average Bonchev–Trinajstić information content (AvgIpc) is 2.60. The van der Waals surface area contributed by atoms with Gasteiger partial charge in [0.05, 0.1) is 29.1 Å². The van der Waals surface area contributed by atoms with Crippen molar-refractivity contribution in [3.8, 4) is 0 Å². The molecule has 1 N–H and O–H groups in total. The number of alkyl halides is 3. The van der Waals surface area contributed by atoms with Gasteiger partial charge in [0.2, 0.25) is 5.91 Å². The Kier molecular flexibility index (Phi) is 5.40. The molecule has 4 nitrogen and oxygen atoms in total. The molecule has 3 rings (SSSR count). The monoisotopic (exact) mass is 408 g/mol. The van der Waals surface area contributed by atoms with Gasteiger partial charge >= 0.3 is 6.18 Å². The Morgan fingerprint density at radius 3 is 2.28 bits per heavy atom. The predicted molar refractivity (Wildman–Crippen MR) is 101 cm³/mol. The van der Waals surface area contributed by atoms with Crippen LogP contribution in [0.4, 0.5) is 23.2 Å². The zero-order chi connectivity index (χ0) is 21.4. The van der Waals surface area contributed by atoms with Crippen LogP contribution in [0.5, 0.6) is 0 Å². The quantitative estimate of drug-likeness (QED) is 0.752. The molecule has 8 heteroatoms. The average molecular weight is 408 g/mol. The molecule has 1 amide bonds. The van der Waals surface area contributed by atoms with Crippen LogP contribution in [-0.4, -0.2) is 28.2 Å². The molecular formula is C21H20F4N2O2. The minimum atomic E-state index is -4.46. The number of carbonyl (C=O) groups is 1. The van der Waals surface area contributed by atoms with E-state index in [-0.39, 0.29) is 24.6 Å². The normalized spacial score (nSPS) is 15.6. The second-order valence-electron chi connectivity index (χ2n) is 7.42. The summed E-state index contributed by atoms with van der Waals surface area (Å²) in [5.74, 6) is -0.889. The van der Waals surface area contributed by atoms with Gasteiger partial charge in [-0.2, -0.15) is 13.2 Å². The molecule has 0 bridgehead atoms. The number of aliphatic hydroxyl groups is 1. The highest BCUT2D eigenvalue weighted by Gasteiger charge is 2.34. The van der Waals surface area contributed by atoms with E-state index in [0.29, 0.717) is 11.3 Å². The molecule has 0 radical (unpaired) electrons. The Bertz CT molecular complexity index is 931. The van der Waals surface area contributed by atoms with Crippen molar-refractivity contribution in [3.63, 3.8) is 0 Å². The Labute approximate surface area is 165 Å². The molecule has 0 spiro atoms. The van der Waals surface area contributed by atoms with Crippen molar-refractivity contribution < 1.29 is 27.5 Å². The van der Waals surface area contributed by atoms with E-state index in [4.69, 9.17) is 0 Å². The number of hydrazine groups is 1. The highest BCUT2D eigenvalue weighted by atomic mass is 19.4. The number of amides is 1. The Hall–Kier alpha value is -2.87. The van der Waals surface area contributed by atoms with Crippen LogP contribution in [0.1, 0.15) is 31.4 Å². The second kappa shape index (κ2) is 7.51. The van der Waals surface area contributed by atoms with Gasteiger partial charge in [0.15, 0.2) is 0 Å². The fourth-order valence-electron chi connectivity index (χ4n) is 3.13. The molecule has 2 aromatic rings. The molecule has 0 aromatic heterocycles. The number of carbonyl (C=O) groups excluding carboxylic acids is 1. The Morgan fingerprint density at radius 2 is 1.72 bits per heavy atom. The maximum Gasteiger partial charge on any atom is 0.416 e. The summed E-state index contributed by atoms with van der Waals surface area (Å²) in [6.07, 6.45) is -2.89. The lowest BCUT2D eigenvalue weighted by Gasteiger charge is -2.43. The van der Waals surface area contributed by atoms with E-state index in [9.17, 15) is 27.5 Å². The number of nitrogens with zero attached hydrogens (tertiary/aromatic N) is 2. The summed E-state index contributed by atoms with van der Waals surface area (Å²) in [5.41, 5.74) is -0.879. The molecule has 1 heterocycles. The predicted octanol–water partition coefficient (Wildman–Crippen LogP) is 4.61. The first-order valence-electron chi connectivity index (χ1n) is 8.92. The van der Waals surface area contributed by atoms with Crippen molar-refractivity contribution in [2.75, 3.05) is 11.6 Å². The maximum absolute atomic E-state index is 13.8. The molecule has 0 atom stereocenters. The van der Waals surface area contributed by atoms with Gasteiger partial charge in [-0.05, 0) is 55.8 Å². The van der Waals surface area contributed by atoms with E-state index in [1.165, 1.54) is 40.3 Å². The molecule has 0 fully saturated rings. The van der Waals surface area contributed by atoms with Crippen molar-refractivity contribution in [1.29, 1.82) is 0 Å². The van der Waals surface area contributed by atoms with Crippen LogP contribution in [0.2, 0.25) is 0 Å². The van der Waals surface area contributed by atoms with E-state index < -0.39 is 23.2 Å². The third-order valence-corrected chi connectivity index (χ3v) is 4.32. The summed E-state index contributed by atoms with van der Waals surface area (Å²) < 4.78 is 52.4. The van der Waals surface area contributed by atoms with Gasteiger partial charge in [-0.15, -0.1) is 0 Å². The number of hydrogen-bond acceptors (Lipinski definition) is 3. The number of anilines is 1. The molecular weight excluding hydrogens is 388 g/mol.